The topological polar surface area (TPSA) is 54.0 Å². The SMILES string of the molecule is C[C@@H]1CNC[C@H]1C(=O)N[C@H](C)c1ccccn1. The highest BCUT2D eigenvalue weighted by Gasteiger charge is 2.30. The first-order chi connectivity index (χ1) is 8.18. The number of carbonyl (C=O) groups is 1. The fourth-order valence-corrected chi connectivity index (χ4v) is 2.19. The van der Waals surface area contributed by atoms with E-state index in [1.165, 1.54) is 0 Å². The largest absolute Gasteiger partial charge is 0.348 e. The van der Waals surface area contributed by atoms with Crippen LogP contribution in [0.3, 0.4) is 0 Å². The number of amides is 1. The highest BCUT2D eigenvalue weighted by Crippen LogP contribution is 2.17. The number of pyridine rings is 1. The molecule has 17 heavy (non-hydrogen) atoms. The predicted octanol–water partition coefficient (Wildman–Crippen LogP) is 1.11. The van der Waals surface area contributed by atoms with Crippen LogP contribution < -0.4 is 10.6 Å². The summed E-state index contributed by atoms with van der Waals surface area (Å²) in [5.74, 6) is 0.618. The number of carbonyl (C=O) groups excluding carboxylic acids is 1. The molecule has 3 atom stereocenters. The highest BCUT2D eigenvalue weighted by molar-refractivity contribution is 5.79. The molecule has 4 heteroatoms. The van der Waals surface area contributed by atoms with Crippen molar-refractivity contribution < 1.29 is 4.79 Å². The standard InChI is InChI=1S/C13H19N3O/c1-9-7-14-8-11(9)13(17)16-10(2)12-5-3-4-6-15-12/h3-6,9-11,14H,7-8H2,1-2H3,(H,16,17)/t9-,10-,11-/m1/s1. The molecule has 1 aromatic rings. The average Bonchev–Trinajstić information content (AvgIpc) is 2.76. The molecular weight excluding hydrogens is 214 g/mol. The molecule has 0 radical (unpaired) electrons. The third-order valence-electron chi connectivity index (χ3n) is 3.34. The van der Waals surface area contributed by atoms with Gasteiger partial charge in [-0.2, -0.15) is 0 Å². The Morgan fingerprint density at radius 1 is 1.53 bits per heavy atom. The van der Waals surface area contributed by atoms with Crippen molar-refractivity contribution in [2.24, 2.45) is 11.8 Å². The quantitative estimate of drug-likeness (QED) is 0.822. The second kappa shape index (κ2) is 5.27. The van der Waals surface area contributed by atoms with Crippen LogP contribution in [-0.4, -0.2) is 24.0 Å². The second-order valence-electron chi connectivity index (χ2n) is 4.73. The summed E-state index contributed by atoms with van der Waals surface area (Å²) in [6.07, 6.45) is 1.75. The van der Waals surface area contributed by atoms with E-state index in [1.54, 1.807) is 6.20 Å². The van der Waals surface area contributed by atoms with E-state index < -0.39 is 0 Å². The van der Waals surface area contributed by atoms with Gasteiger partial charge in [-0.3, -0.25) is 9.78 Å². The maximum Gasteiger partial charge on any atom is 0.225 e. The number of nitrogens with zero attached hydrogens (tertiary/aromatic N) is 1. The Labute approximate surface area is 102 Å². The van der Waals surface area contributed by atoms with Gasteiger partial charge < -0.3 is 10.6 Å². The second-order valence-corrected chi connectivity index (χ2v) is 4.73. The van der Waals surface area contributed by atoms with Crippen LogP contribution in [0.4, 0.5) is 0 Å². The van der Waals surface area contributed by atoms with Crippen molar-refractivity contribution >= 4 is 5.91 Å². The predicted molar refractivity (Wildman–Crippen MR) is 66.3 cm³/mol. The Bertz CT molecular complexity index is 380. The van der Waals surface area contributed by atoms with Crippen LogP contribution in [0, 0.1) is 11.8 Å². The Morgan fingerprint density at radius 2 is 2.35 bits per heavy atom. The lowest BCUT2D eigenvalue weighted by molar-refractivity contribution is -0.126. The van der Waals surface area contributed by atoms with E-state index in [1.807, 2.05) is 25.1 Å². The van der Waals surface area contributed by atoms with Gasteiger partial charge in [0.1, 0.15) is 0 Å². The van der Waals surface area contributed by atoms with E-state index in [4.69, 9.17) is 0 Å². The zero-order chi connectivity index (χ0) is 12.3. The fourth-order valence-electron chi connectivity index (χ4n) is 2.19. The van der Waals surface area contributed by atoms with Gasteiger partial charge in [0.15, 0.2) is 0 Å². The molecule has 2 heterocycles. The van der Waals surface area contributed by atoms with E-state index in [-0.39, 0.29) is 17.9 Å². The zero-order valence-electron chi connectivity index (χ0n) is 10.3. The molecule has 2 N–H and O–H groups in total. The van der Waals surface area contributed by atoms with Crippen LogP contribution in [0.1, 0.15) is 25.6 Å². The van der Waals surface area contributed by atoms with E-state index in [9.17, 15) is 4.79 Å². The third kappa shape index (κ3) is 2.82. The fraction of sp³-hybridized carbons (Fsp3) is 0.538. The number of rotatable bonds is 3. The average molecular weight is 233 g/mol. The van der Waals surface area contributed by atoms with Crippen molar-refractivity contribution in [3.05, 3.63) is 30.1 Å². The number of aromatic nitrogens is 1. The molecule has 1 saturated heterocycles. The number of hydrogen-bond acceptors (Lipinski definition) is 3. The maximum absolute atomic E-state index is 12.1. The van der Waals surface area contributed by atoms with Gasteiger partial charge in [-0.15, -0.1) is 0 Å². The smallest absolute Gasteiger partial charge is 0.225 e. The van der Waals surface area contributed by atoms with Gasteiger partial charge in [0.05, 0.1) is 17.7 Å². The Morgan fingerprint density at radius 3 is 2.94 bits per heavy atom. The zero-order valence-corrected chi connectivity index (χ0v) is 10.3. The lowest BCUT2D eigenvalue weighted by atomic mass is 9.97. The summed E-state index contributed by atoms with van der Waals surface area (Å²) in [6.45, 7) is 5.78. The van der Waals surface area contributed by atoms with Gasteiger partial charge in [0.25, 0.3) is 0 Å². The summed E-state index contributed by atoms with van der Waals surface area (Å²) in [5, 5.41) is 6.27. The molecular formula is C13H19N3O. The lowest BCUT2D eigenvalue weighted by Gasteiger charge is -2.18. The van der Waals surface area contributed by atoms with Crippen molar-refractivity contribution in [3.8, 4) is 0 Å². The third-order valence-corrected chi connectivity index (χ3v) is 3.34. The van der Waals surface area contributed by atoms with Crippen molar-refractivity contribution in [1.29, 1.82) is 0 Å². The number of nitrogens with one attached hydrogen (secondary N) is 2. The first kappa shape index (κ1) is 12.0. The molecule has 4 nitrogen and oxygen atoms in total. The monoisotopic (exact) mass is 233 g/mol. The molecule has 0 aliphatic carbocycles. The normalized spacial score (nSPS) is 25.5. The first-order valence-corrected chi connectivity index (χ1v) is 6.10. The van der Waals surface area contributed by atoms with Crippen LogP contribution in [0.15, 0.2) is 24.4 Å². The van der Waals surface area contributed by atoms with Gasteiger partial charge in [0, 0.05) is 12.7 Å². The molecule has 2 rings (SSSR count). The molecule has 0 saturated carbocycles. The minimum absolute atomic E-state index is 0.0310. The van der Waals surface area contributed by atoms with Crippen molar-refractivity contribution in [2.45, 2.75) is 19.9 Å². The van der Waals surface area contributed by atoms with Crippen LogP contribution in [-0.2, 0) is 4.79 Å². The van der Waals surface area contributed by atoms with Crippen LogP contribution >= 0.6 is 0 Å². The molecule has 1 aliphatic heterocycles. The van der Waals surface area contributed by atoms with Gasteiger partial charge in [-0.1, -0.05) is 13.0 Å². The van der Waals surface area contributed by atoms with E-state index in [0.29, 0.717) is 5.92 Å². The summed E-state index contributed by atoms with van der Waals surface area (Å²) in [7, 11) is 0. The van der Waals surface area contributed by atoms with E-state index >= 15 is 0 Å². The summed E-state index contributed by atoms with van der Waals surface area (Å²) in [6, 6.07) is 5.71. The Balaban J connectivity index is 1.95. The molecule has 92 valence electrons. The van der Waals surface area contributed by atoms with E-state index in [0.717, 1.165) is 18.8 Å². The molecule has 0 bridgehead atoms. The van der Waals surface area contributed by atoms with Crippen LogP contribution in [0.2, 0.25) is 0 Å². The molecule has 1 amide bonds. The summed E-state index contributed by atoms with van der Waals surface area (Å²) in [5.41, 5.74) is 0.902. The van der Waals surface area contributed by atoms with Crippen molar-refractivity contribution in [3.63, 3.8) is 0 Å². The summed E-state index contributed by atoms with van der Waals surface area (Å²) in [4.78, 5) is 16.3. The molecule has 1 aromatic heterocycles. The molecule has 0 spiro atoms. The van der Waals surface area contributed by atoms with Crippen molar-refractivity contribution in [2.75, 3.05) is 13.1 Å². The molecule has 1 fully saturated rings. The molecule has 0 unspecified atom stereocenters. The van der Waals surface area contributed by atoms with Crippen LogP contribution in [0.5, 0.6) is 0 Å². The molecule has 1 aliphatic rings. The minimum atomic E-state index is -0.0310. The first-order valence-electron chi connectivity index (χ1n) is 6.10. The summed E-state index contributed by atoms with van der Waals surface area (Å²) < 4.78 is 0. The summed E-state index contributed by atoms with van der Waals surface area (Å²) >= 11 is 0. The Kier molecular flexibility index (Phi) is 3.74. The van der Waals surface area contributed by atoms with Gasteiger partial charge >= 0.3 is 0 Å². The Hall–Kier alpha value is -1.42. The molecule has 0 aromatic carbocycles. The lowest BCUT2D eigenvalue weighted by Crippen LogP contribution is -2.36. The minimum Gasteiger partial charge on any atom is -0.348 e. The van der Waals surface area contributed by atoms with Crippen molar-refractivity contribution in [1.82, 2.24) is 15.6 Å². The van der Waals surface area contributed by atoms with Gasteiger partial charge in [0.2, 0.25) is 5.91 Å². The number of hydrogen-bond donors (Lipinski definition) is 2. The highest BCUT2D eigenvalue weighted by atomic mass is 16.2. The van der Waals surface area contributed by atoms with E-state index in [2.05, 4.69) is 22.5 Å². The maximum atomic E-state index is 12.1. The van der Waals surface area contributed by atoms with Gasteiger partial charge in [-0.05, 0) is 31.5 Å². The van der Waals surface area contributed by atoms with Gasteiger partial charge in [-0.25, -0.2) is 0 Å². The van der Waals surface area contributed by atoms with Crippen LogP contribution in [0.25, 0.3) is 0 Å².